The van der Waals surface area contributed by atoms with Crippen molar-refractivity contribution in [2.45, 2.75) is 44.8 Å². The van der Waals surface area contributed by atoms with Crippen LogP contribution in [0.25, 0.3) is 0 Å². The van der Waals surface area contributed by atoms with Crippen LogP contribution in [0.15, 0.2) is 48.8 Å². The molecule has 0 bridgehead atoms. The predicted molar refractivity (Wildman–Crippen MR) is 104 cm³/mol. The molecule has 1 fully saturated rings. The van der Waals surface area contributed by atoms with Gasteiger partial charge >= 0.3 is 0 Å². The van der Waals surface area contributed by atoms with Crippen molar-refractivity contribution >= 4 is 5.91 Å². The molecule has 1 aliphatic heterocycles. The van der Waals surface area contributed by atoms with Crippen LogP contribution in [0.2, 0.25) is 0 Å². The summed E-state index contributed by atoms with van der Waals surface area (Å²) in [5, 5.41) is 20.2. The number of rotatable bonds is 6. The smallest absolute Gasteiger partial charge is 0.253 e. The number of likely N-dealkylation sites (tertiary alicyclic amines) is 1. The third-order valence-corrected chi connectivity index (χ3v) is 5.17. The Labute approximate surface area is 160 Å². The van der Waals surface area contributed by atoms with Gasteiger partial charge in [0.25, 0.3) is 5.91 Å². The number of benzene rings is 1. The lowest BCUT2D eigenvalue weighted by Crippen LogP contribution is -2.29. The summed E-state index contributed by atoms with van der Waals surface area (Å²) in [7, 11) is 0. The van der Waals surface area contributed by atoms with E-state index in [4.69, 9.17) is 0 Å². The van der Waals surface area contributed by atoms with Crippen LogP contribution in [-0.4, -0.2) is 50.8 Å². The number of β-amino-alcohol motifs (C(OH)–C–C–N with tert-alkyl or cyclic N) is 1. The zero-order valence-corrected chi connectivity index (χ0v) is 16.0. The molecule has 5 heteroatoms. The van der Waals surface area contributed by atoms with Gasteiger partial charge in [0.05, 0.1) is 11.7 Å². The monoisotopic (exact) mass is 368 g/mol. The van der Waals surface area contributed by atoms with Crippen LogP contribution in [-0.2, 0) is 12.8 Å². The van der Waals surface area contributed by atoms with Crippen molar-refractivity contribution in [3.8, 4) is 0 Å². The number of carbonyl (C=O) groups is 1. The summed E-state index contributed by atoms with van der Waals surface area (Å²) in [5.41, 5.74) is 2.17. The standard InChI is InChI=1S/C22H28N2O3/c1-22(2,27)10-7-16-3-5-18(6-4-16)21(26)24-14-19(20(25)15-24)13-17-8-11-23-12-9-17/h3-6,8-9,11-12,19-20,25,27H,7,10,13-15H2,1-2H3/t19-,20-/m1/s1. The number of aliphatic hydroxyl groups is 2. The number of aromatic nitrogens is 1. The number of aryl methyl sites for hydroxylation is 1. The van der Waals surface area contributed by atoms with E-state index in [1.807, 2.05) is 36.4 Å². The minimum Gasteiger partial charge on any atom is -0.391 e. The highest BCUT2D eigenvalue weighted by molar-refractivity contribution is 5.94. The maximum atomic E-state index is 12.8. The van der Waals surface area contributed by atoms with Crippen LogP contribution in [0.4, 0.5) is 0 Å². The number of nitrogens with zero attached hydrogens (tertiary/aromatic N) is 2. The second-order valence-corrected chi connectivity index (χ2v) is 8.11. The van der Waals surface area contributed by atoms with Gasteiger partial charge in [-0.3, -0.25) is 9.78 Å². The zero-order valence-electron chi connectivity index (χ0n) is 16.0. The van der Waals surface area contributed by atoms with Gasteiger partial charge in [0.2, 0.25) is 0 Å². The first-order valence-electron chi connectivity index (χ1n) is 9.49. The summed E-state index contributed by atoms with van der Waals surface area (Å²) >= 11 is 0. The molecule has 144 valence electrons. The molecule has 5 nitrogen and oxygen atoms in total. The summed E-state index contributed by atoms with van der Waals surface area (Å²) in [5.74, 6) is 0.00252. The highest BCUT2D eigenvalue weighted by Gasteiger charge is 2.34. The number of amides is 1. The van der Waals surface area contributed by atoms with Crippen molar-refractivity contribution in [2.75, 3.05) is 13.1 Å². The van der Waals surface area contributed by atoms with E-state index in [-0.39, 0.29) is 11.8 Å². The minimum absolute atomic E-state index is 0.0414. The summed E-state index contributed by atoms with van der Waals surface area (Å²) in [4.78, 5) is 18.5. The Morgan fingerprint density at radius 1 is 1.11 bits per heavy atom. The lowest BCUT2D eigenvalue weighted by molar-refractivity contribution is 0.0712. The number of carbonyl (C=O) groups excluding carboxylic acids is 1. The van der Waals surface area contributed by atoms with Gasteiger partial charge < -0.3 is 15.1 Å². The summed E-state index contributed by atoms with van der Waals surface area (Å²) in [6.07, 6.45) is 5.18. The molecule has 1 aliphatic rings. The van der Waals surface area contributed by atoms with Crippen molar-refractivity contribution in [3.05, 3.63) is 65.5 Å². The molecular weight excluding hydrogens is 340 g/mol. The fourth-order valence-corrected chi connectivity index (χ4v) is 3.49. The lowest BCUT2D eigenvalue weighted by Gasteiger charge is -2.18. The number of hydrogen-bond acceptors (Lipinski definition) is 4. The van der Waals surface area contributed by atoms with Gasteiger partial charge in [-0.2, -0.15) is 0 Å². The molecular formula is C22H28N2O3. The fraction of sp³-hybridized carbons (Fsp3) is 0.455. The Morgan fingerprint density at radius 3 is 2.41 bits per heavy atom. The second kappa shape index (κ2) is 8.19. The largest absolute Gasteiger partial charge is 0.391 e. The molecule has 1 aromatic heterocycles. The third kappa shape index (κ3) is 5.37. The first-order chi connectivity index (χ1) is 12.8. The maximum Gasteiger partial charge on any atom is 0.253 e. The molecule has 1 saturated heterocycles. The molecule has 0 saturated carbocycles. The van der Waals surface area contributed by atoms with E-state index in [2.05, 4.69) is 4.98 Å². The van der Waals surface area contributed by atoms with Gasteiger partial charge in [0, 0.05) is 37.0 Å². The first-order valence-corrected chi connectivity index (χ1v) is 9.49. The SMILES string of the molecule is CC(C)(O)CCc1ccc(C(=O)N2C[C@@H](Cc3ccncc3)[C@H](O)C2)cc1. The lowest BCUT2D eigenvalue weighted by atomic mass is 9.97. The molecule has 2 aromatic rings. The highest BCUT2D eigenvalue weighted by Crippen LogP contribution is 2.23. The minimum atomic E-state index is -0.690. The molecule has 2 heterocycles. The average Bonchev–Trinajstić information content (AvgIpc) is 3.01. The molecule has 2 atom stereocenters. The van der Waals surface area contributed by atoms with Crippen molar-refractivity contribution in [1.29, 1.82) is 0 Å². The summed E-state index contributed by atoms with van der Waals surface area (Å²) < 4.78 is 0. The normalized spacial score (nSPS) is 20.1. The zero-order chi connectivity index (χ0) is 19.4. The number of pyridine rings is 1. The molecule has 1 aromatic carbocycles. The highest BCUT2D eigenvalue weighted by atomic mass is 16.3. The van der Waals surface area contributed by atoms with Gasteiger partial charge in [-0.15, -0.1) is 0 Å². The second-order valence-electron chi connectivity index (χ2n) is 8.11. The fourth-order valence-electron chi connectivity index (χ4n) is 3.49. The van der Waals surface area contributed by atoms with Crippen LogP contribution in [0.1, 0.15) is 41.8 Å². The van der Waals surface area contributed by atoms with Crippen LogP contribution >= 0.6 is 0 Å². The third-order valence-electron chi connectivity index (χ3n) is 5.17. The Morgan fingerprint density at radius 2 is 1.78 bits per heavy atom. The van der Waals surface area contributed by atoms with E-state index in [1.165, 1.54) is 0 Å². The van der Waals surface area contributed by atoms with E-state index < -0.39 is 11.7 Å². The van der Waals surface area contributed by atoms with Crippen molar-refractivity contribution in [1.82, 2.24) is 9.88 Å². The quantitative estimate of drug-likeness (QED) is 0.821. The van der Waals surface area contributed by atoms with Gasteiger partial charge in [0.1, 0.15) is 0 Å². The van der Waals surface area contributed by atoms with Gasteiger partial charge in [-0.25, -0.2) is 0 Å². The van der Waals surface area contributed by atoms with Crippen molar-refractivity contribution < 1.29 is 15.0 Å². The van der Waals surface area contributed by atoms with Crippen LogP contribution < -0.4 is 0 Å². The molecule has 0 radical (unpaired) electrons. The molecule has 0 unspecified atom stereocenters. The molecule has 3 rings (SSSR count). The molecule has 0 spiro atoms. The van der Waals surface area contributed by atoms with Crippen molar-refractivity contribution in [2.24, 2.45) is 5.92 Å². The van der Waals surface area contributed by atoms with Crippen LogP contribution in [0, 0.1) is 5.92 Å². The van der Waals surface area contributed by atoms with Crippen LogP contribution in [0.3, 0.4) is 0 Å². The number of hydrogen-bond donors (Lipinski definition) is 2. The average molecular weight is 368 g/mol. The summed E-state index contributed by atoms with van der Waals surface area (Å²) in [6.45, 7) is 4.52. The molecule has 2 N–H and O–H groups in total. The van der Waals surface area contributed by atoms with E-state index in [9.17, 15) is 15.0 Å². The Balaban J connectivity index is 1.59. The Kier molecular flexibility index (Phi) is 5.92. The van der Waals surface area contributed by atoms with Gasteiger partial charge in [-0.05, 0) is 68.5 Å². The summed E-state index contributed by atoms with van der Waals surface area (Å²) in [6, 6.07) is 11.5. The van der Waals surface area contributed by atoms with Gasteiger partial charge in [0.15, 0.2) is 0 Å². The maximum absolute atomic E-state index is 12.8. The molecule has 0 aliphatic carbocycles. The molecule has 27 heavy (non-hydrogen) atoms. The Bertz CT molecular complexity index is 753. The van der Waals surface area contributed by atoms with E-state index >= 15 is 0 Å². The number of aliphatic hydroxyl groups excluding tert-OH is 1. The van der Waals surface area contributed by atoms with Crippen molar-refractivity contribution in [3.63, 3.8) is 0 Å². The van der Waals surface area contributed by atoms with E-state index in [1.54, 1.807) is 31.1 Å². The topological polar surface area (TPSA) is 73.7 Å². The molecule has 1 amide bonds. The Hall–Kier alpha value is -2.24. The van der Waals surface area contributed by atoms with Crippen LogP contribution in [0.5, 0.6) is 0 Å². The predicted octanol–water partition coefficient (Wildman–Crippen LogP) is 2.46. The first kappa shape index (κ1) is 19.5. The van der Waals surface area contributed by atoms with E-state index in [0.717, 1.165) is 24.0 Å². The van der Waals surface area contributed by atoms with Gasteiger partial charge in [-0.1, -0.05) is 12.1 Å². The van der Waals surface area contributed by atoms with E-state index in [0.29, 0.717) is 25.1 Å².